The first kappa shape index (κ1) is 24.5. The Labute approximate surface area is 206 Å². The highest BCUT2D eigenvalue weighted by Crippen LogP contribution is 2.31. The van der Waals surface area contributed by atoms with Crippen LogP contribution in [0.5, 0.6) is 0 Å². The molecule has 0 saturated carbocycles. The van der Waals surface area contributed by atoms with E-state index in [0.717, 1.165) is 29.7 Å². The van der Waals surface area contributed by atoms with Crippen LogP contribution in [0.25, 0.3) is 0 Å². The van der Waals surface area contributed by atoms with Crippen molar-refractivity contribution in [1.29, 1.82) is 0 Å². The van der Waals surface area contributed by atoms with Gasteiger partial charge in [0.1, 0.15) is 0 Å². The molecule has 1 aliphatic heterocycles. The molecular formula is C27H30N2O3S2. The van der Waals surface area contributed by atoms with Crippen LogP contribution < -0.4 is 5.32 Å². The Bertz CT molecular complexity index is 1300. The van der Waals surface area contributed by atoms with E-state index in [2.05, 4.69) is 37.4 Å². The van der Waals surface area contributed by atoms with Crippen LogP contribution in [-0.4, -0.2) is 31.7 Å². The Hall–Kier alpha value is -2.61. The molecule has 0 aromatic heterocycles. The zero-order valence-electron chi connectivity index (χ0n) is 19.8. The number of carbonyl (C=O) groups is 1. The van der Waals surface area contributed by atoms with Crippen molar-refractivity contribution >= 4 is 33.4 Å². The summed E-state index contributed by atoms with van der Waals surface area (Å²) in [6.45, 7) is 7.07. The highest BCUT2D eigenvalue weighted by atomic mass is 32.2. The van der Waals surface area contributed by atoms with Gasteiger partial charge in [0.15, 0.2) is 0 Å². The Kier molecular flexibility index (Phi) is 7.45. The number of hydrogen-bond donors (Lipinski definition) is 1. The molecule has 178 valence electrons. The number of aryl methyl sites for hydroxylation is 3. The van der Waals surface area contributed by atoms with Crippen molar-refractivity contribution in [2.45, 2.75) is 54.7 Å². The quantitative estimate of drug-likeness (QED) is 0.444. The van der Waals surface area contributed by atoms with E-state index >= 15 is 0 Å². The Morgan fingerprint density at radius 3 is 2.24 bits per heavy atom. The van der Waals surface area contributed by atoms with Crippen molar-refractivity contribution in [1.82, 2.24) is 4.31 Å². The van der Waals surface area contributed by atoms with Gasteiger partial charge < -0.3 is 5.32 Å². The fourth-order valence-electron chi connectivity index (χ4n) is 4.11. The maximum absolute atomic E-state index is 13.1. The normalized spacial score (nSPS) is 14.7. The van der Waals surface area contributed by atoms with Crippen molar-refractivity contribution in [3.8, 4) is 0 Å². The van der Waals surface area contributed by atoms with Crippen LogP contribution in [0, 0.1) is 20.8 Å². The lowest BCUT2D eigenvalue weighted by Gasteiger charge is -2.26. The fourth-order valence-corrected chi connectivity index (χ4v) is 6.53. The molecule has 0 aliphatic carbocycles. The van der Waals surface area contributed by atoms with Crippen molar-refractivity contribution < 1.29 is 13.2 Å². The first-order valence-corrected chi connectivity index (χ1v) is 13.8. The average molecular weight is 495 g/mol. The molecule has 1 fully saturated rings. The van der Waals surface area contributed by atoms with Crippen LogP contribution in [-0.2, 0) is 10.0 Å². The SMILES string of the molecule is Cc1ccc(Sc2ccc(NC(=O)c3cc(S(=O)(=O)N4CCCCC4)ccc3C)cc2)c(C)c1. The molecule has 0 bridgehead atoms. The van der Waals surface area contributed by atoms with Gasteiger partial charge in [-0.2, -0.15) is 4.31 Å². The zero-order chi connectivity index (χ0) is 24.3. The molecule has 0 unspecified atom stereocenters. The highest BCUT2D eigenvalue weighted by Gasteiger charge is 2.27. The lowest BCUT2D eigenvalue weighted by atomic mass is 10.1. The summed E-state index contributed by atoms with van der Waals surface area (Å²) >= 11 is 1.68. The van der Waals surface area contributed by atoms with Gasteiger partial charge in [-0.3, -0.25) is 4.79 Å². The van der Waals surface area contributed by atoms with Crippen molar-refractivity contribution in [2.75, 3.05) is 18.4 Å². The molecule has 1 heterocycles. The van der Waals surface area contributed by atoms with E-state index in [1.807, 2.05) is 31.2 Å². The maximum atomic E-state index is 13.1. The molecule has 3 aromatic rings. The predicted octanol–water partition coefficient (Wildman–Crippen LogP) is 6.19. The predicted molar refractivity (Wildman–Crippen MR) is 138 cm³/mol. The minimum Gasteiger partial charge on any atom is -0.322 e. The first-order valence-electron chi connectivity index (χ1n) is 11.5. The Morgan fingerprint density at radius 2 is 1.56 bits per heavy atom. The van der Waals surface area contributed by atoms with Crippen LogP contribution in [0.1, 0.15) is 46.3 Å². The third-order valence-electron chi connectivity index (χ3n) is 6.08. The van der Waals surface area contributed by atoms with Gasteiger partial charge in [-0.05, 0) is 87.2 Å². The molecule has 7 heteroatoms. The summed E-state index contributed by atoms with van der Waals surface area (Å²) in [4.78, 5) is 15.5. The summed E-state index contributed by atoms with van der Waals surface area (Å²) < 4.78 is 27.6. The van der Waals surface area contributed by atoms with Crippen molar-refractivity contribution in [2.24, 2.45) is 0 Å². The number of hydrogen-bond acceptors (Lipinski definition) is 4. The second kappa shape index (κ2) is 10.3. The number of carbonyl (C=O) groups excluding carboxylic acids is 1. The van der Waals surface area contributed by atoms with E-state index < -0.39 is 10.0 Å². The molecule has 4 rings (SSSR count). The summed E-state index contributed by atoms with van der Waals surface area (Å²) in [5.41, 5.74) is 4.24. The van der Waals surface area contributed by atoms with Gasteiger partial charge in [-0.25, -0.2) is 8.42 Å². The van der Waals surface area contributed by atoms with E-state index in [1.165, 1.54) is 26.4 Å². The number of rotatable bonds is 6. The minimum atomic E-state index is -3.60. The zero-order valence-corrected chi connectivity index (χ0v) is 21.4. The third kappa shape index (κ3) is 5.54. The van der Waals surface area contributed by atoms with Crippen LogP contribution in [0.2, 0.25) is 0 Å². The molecule has 0 radical (unpaired) electrons. The lowest BCUT2D eigenvalue weighted by molar-refractivity contribution is 0.102. The number of nitrogens with one attached hydrogen (secondary N) is 1. The second-order valence-electron chi connectivity index (χ2n) is 8.79. The van der Waals surface area contributed by atoms with E-state index in [4.69, 9.17) is 0 Å². The summed E-state index contributed by atoms with van der Waals surface area (Å²) in [6, 6.07) is 18.9. The number of sulfonamides is 1. The average Bonchev–Trinajstić information content (AvgIpc) is 2.82. The van der Waals surface area contributed by atoms with Gasteiger partial charge in [-0.15, -0.1) is 0 Å². The van der Waals surface area contributed by atoms with Gasteiger partial charge in [0, 0.05) is 34.1 Å². The molecule has 1 N–H and O–H groups in total. The molecule has 1 saturated heterocycles. The maximum Gasteiger partial charge on any atom is 0.255 e. The van der Waals surface area contributed by atoms with E-state index in [0.29, 0.717) is 24.3 Å². The number of benzene rings is 3. The Morgan fingerprint density at radius 1 is 0.853 bits per heavy atom. The van der Waals surface area contributed by atoms with E-state index in [-0.39, 0.29) is 10.8 Å². The second-order valence-corrected chi connectivity index (χ2v) is 11.8. The summed E-state index contributed by atoms with van der Waals surface area (Å²) in [6.07, 6.45) is 2.79. The minimum absolute atomic E-state index is 0.172. The summed E-state index contributed by atoms with van der Waals surface area (Å²) in [5, 5.41) is 2.91. The van der Waals surface area contributed by atoms with Crippen LogP contribution in [0.4, 0.5) is 5.69 Å². The van der Waals surface area contributed by atoms with Gasteiger partial charge in [0.05, 0.1) is 4.90 Å². The first-order chi connectivity index (χ1) is 16.2. The van der Waals surface area contributed by atoms with E-state index in [9.17, 15) is 13.2 Å². The topological polar surface area (TPSA) is 66.5 Å². The summed E-state index contributed by atoms with van der Waals surface area (Å²) in [7, 11) is -3.60. The Balaban J connectivity index is 1.48. The third-order valence-corrected chi connectivity index (χ3v) is 9.16. The number of nitrogens with zero attached hydrogens (tertiary/aromatic N) is 1. The molecular weight excluding hydrogens is 464 g/mol. The highest BCUT2D eigenvalue weighted by molar-refractivity contribution is 7.99. The van der Waals surface area contributed by atoms with Crippen LogP contribution in [0.15, 0.2) is 75.4 Å². The smallest absolute Gasteiger partial charge is 0.255 e. The largest absolute Gasteiger partial charge is 0.322 e. The fraction of sp³-hybridized carbons (Fsp3) is 0.296. The molecule has 0 spiro atoms. The lowest BCUT2D eigenvalue weighted by Crippen LogP contribution is -2.35. The van der Waals surface area contributed by atoms with Gasteiger partial charge in [-0.1, -0.05) is 41.9 Å². The van der Waals surface area contributed by atoms with Crippen LogP contribution >= 0.6 is 11.8 Å². The monoisotopic (exact) mass is 494 g/mol. The van der Waals surface area contributed by atoms with Gasteiger partial charge in [0.2, 0.25) is 10.0 Å². The standard InChI is InChI=1S/C27H30N2O3S2/c1-19-7-14-26(21(3)17-19)33-23-11-9-22(10-12-23)28-27(30)25-18-24(13-8-20(25)2)34(31,32)29-15-5-4-6-16-29/h7-14,17-18H,4-6,15-16H2,1-3H3,(H,28,30). The molecule has 5 nitrogen and oxygen atoms in total. The molecule has 1 aliphatic rings. The van der Waals surface area contributed by atoms with Gasteiger partial charge >= 0.3 is 0 Å². The number of piperidine rings is 1. The molecule has 0 atom stereocenters. The van der Waals surface area contributed by atoms with Crippen molar-refractivity contribution in [3.05, 3.63) is 82.9 Å². The van der Waals surface area contributed by atoms with Crippen molar-refractivity contribution in [3.63, 3.8) is 0 Å². The molecule has 1 amide bonds. The summed E-state index contributed by atoms with van der Waals surface area (Å²) in [5.74, 6) is -0.317. The molecule has 34 heavy (non-hydrogen) atoms. The van der Waals surface area contributed by atoms with E-state index in [1.54, 1.807) is 23.9 Å². The van der Waals surface area contributed by atoms with Gasteiger partial charge in [0.25, 0.3) is 5.91 Å². The number of amides is 1. The molecule has 3 aromatic carbocycles. The number of anilines is 1. The van der Waals surface area contributed by atoms with Crippen LogP contribution in [0.3, 0.4) is 0 Å².